The SMILES string of the molecule is C1=NC(c2ccccc2)(c2ccccc2)C(c2ccccc2)=N1. The van der Waals surface area contributed by atoms with Gasteiger partial charge in [-0.1, -0.05) is 91.0 Å². The first-order chi connectivity index (χ1) is 11.4. The summed E-state index contributed by atoms with van der Waals surface area (Å²) in [6, 6.07) is 31.0. The Morgan fingerprint density at radius 2 is 1.04 bits per heavy atom. The van der Waals surface area contributed by atoms with Crippen molar-refractivity contribution in [1.82, 2.24) is 0 Å². The molecule has 1 aliphatic heterocycles. The van der Waals surface area contributed by atoms with E-state index in [1.165, 1.54) is 0 Å². The minimum absolute atomic E-state index is 0.579. The van der Waals surface area contributed by atoms with Crippen molar-refractivity contribution in [2.24, 2.45) is 9.98 Å². The lowest BCUT2D eigenvalue weighted by Gasteiger charge is -2.29. The maximum atomic E-state index is 4.84. The van der Waals surface area contributed by atoms with Crippen LogP contribution in [0.3, 0.4) is 0 Å². The first-order valence-electron chi connectivity index (χ1n) is 7.70. The molecule has 1 heterocycles. The Morgan fingerprint density at radius 3 is 1.57 bits per heavy atom. The number of benzene rings is 3. The van der Waals surface area contributed by atoms with Gasteiger partial charge in [0.15, 0.2) is 5.54 Å². The Labute approximate surface area is 135 Å². The fourth-order valence-corrected chi connectivity index (χ4v) is 3.16. The van der Waals surface area contributed by atoms with Crippen LogP contribution in [-0.4, -0.2) is 12.1 Å². The first-order valence-corrected chi connectivity index (χ1v) is 7.70. The molecule has 1 aliphatic rings. The molecule has 0 aromatic heterocycles. The van der Waals surface area contributed by atoms with Crippen LogP contribution in [0.15, 0.2) is 101 Å². The predicted molar refractivity (Wildman–Crippen MR) is 95.1 cm³/mol. The van der Waals surface area contributed by atoms with Crippen LogP contribution in [0.25, 0.3) is 0 Å². The molecular formula is C21H16N2. The maximum absolute atomic E-state index is 4.84. The molecule has 23 heavy (non-hydrogen) atoms. The third-order valence-electron chi connectivity index (χ3n) is 4.21. The van der Waals surface area contributed by atoms with Crippen LogP contribution in [0.2, 0.25) is 0 Å². The molecule has 0 saturated heterocycles. The molecule has 0 N–H and O–H groups in total. The Hall–Kier alpha value is -3.00. The van der Waals surface area contributed by atoms with Crippen molar-refractivity contribution in [3.05, 3.63) is 108 Å². The zero-order chi connectivity index (χ0) is 15.5. The Bertz CT molecular complexity index is 811. The lowest BCUT2D eigenvalue weighted by Crippen LogP contribution is -2.33. The summed E-state index contributed by atoms with van der Waals surface area (Å²) in [7, 11) is 0. The van der Waals surface area contributed by atoms with Crippen LogP contribution in [-0.2, 0) is 5.54 Å². The smallest absolute Gasteiger partial charge is 0.155 e. The maximum Gasteiger partial charge on any atom is 0.155 e. The molecule has 3 aromatic rings. The second kappa shape index (κ2) is 5.65. The summed E-state index contributed by atoms with van der Waals surface area (Å²) in [6.45, 7) is 0. The number of hydrogen-bond acceptors (Lipinski definition) is 2. The lowest BCUT2D eigenvalue weighted by molar-refractivity contribution is 0.750. The minimum atomic E-state index is -0.579. The molecule has 0 saturated carbocycles. The van der Waals surface area contributed by atoms with Crippen molar-refractivity contribution in [2.75, 3.05) is 0 Å². The molecule has 0 aliphatic carbocycles. The Morgan fingerprint density at radius 1 is 0.565 bits per heavy atom. The van der Waals surface area contributed by atoms with E-state index >= 15 is 0 Å². The van der Waals surface area contributed by atoms with Crippen molar-refractivity contribution >= 4 is 12.1 Å². The molecule has 0 radical (unpaired) electrons. The van der Waals surface area contributed by atoms with E-state index in [1.807, 2.05) is 30.3 Å². The summed E-state index contributed by atoms with van der Waals surface area (Å²) in [6.07, 6.45) is 1.68. The highest BCUT2D eigenvalue weighted by atomic mass is 15.0. The lowest BCUT2D eigenvalue weighted by atomic mass is 9.77. The van der Waals surface area contributed by atoms with Gasteiger partial charge in [0.25, 0.3) is 0 Å². The summed E-state index contributed by atoms with van der Waals surface area (Å²) in [4.78, 5) is 9.47. The quantitative estimate of drug-likeness (QED) is 0.681. The van der Waals surface area contributed by atoms with Crippen molar-refractivity contribution in [2.45, 2.75) is 5.54 Å². The minimum Gasteiger partial charge on any atom is -0.251 e. The van der Waals surface area contributed by atoms with E-state index in [-0.39, 0.29) is 0 Å². The van der Waals surface area contributed by atoms with Gasteiger partial charge in [-0.3, -0.25) is 4.99 Å². The Kier molecular flexibility index (Phi) is 3.35. The van der Waals surface area contributed by atoms with Gasteiger partial charge in [-0.15, -0.1) is 0 Å². The van der Waals surface area contributed by atoms with Gasteiger partial charge >= 0.3 is 0 Å². The molecule has 0 unspecified atom stereocenters. The standard InChI is InChI=1S/C21H16N2/c1-4-10-17(11-5-1)20-21(23-16-22-20,18-12-6-2-7-13-18)19-14-8-3-9-15-19/h1-16H. The van der Waals surface area contributed by atoms with Gasteiger partial charge in [-0.2, -0.15) is 0 Å². The molecule has 0 fully saturated rings. The third-order valence-corrected chi connectivity index (χ3v) is 4.21. The van der Waals surface area contributed by atoms with Gasteiger partial charge in [-0.25, -0.2) is 4.99 Å². The average Bonchev–Trinajstić information content (AvgIpc) is 3.10. The number of aliphatic imine (C=N–C) groups is 2. The van der Waals surface area contributed by atoms with Gasteiger partial charge in [0, 0.05) is 0 Å². The van der Waals surface area contributed by atoms with Gasteiger partial charge in [0.1, 0.15) is 6.34 Å². The second-order valence-corrected chi connectivity index (χ2v) is 5.53. The second-order valence-electron chi connectivity index (χ2n) is 5.53. The molecule has 0 amide bonds. The summed E-state index contributed by atoms with van der Waals surface area (Å²) < 4.78 is 0. The van der Waals surface area contributed by atoms with Crippen molar-refractivity contribution in [3.8, 4) is 0 Å². The van der Waals surface area contributed by atoms with Gasteiger partial charge in [-0.05, 0) is 16.7 Å². The van der Waals surface area contributed by atoms with E-state index in [0.29, 0.717) is 0 Å². The van der Waals surface area contributed by atoms with E-state index in [9.17, 15) is 0 Å². The molecule has 2 heteroatoms. The van der Waals surface area contributed by atoms with E-state index in [1.54, 1.807) is 6.34 Å². The monoisotopic (exact) mass is 296 g/mol. The molecular weight excluding hydrogens is 280 g/mol. The van der Waals surface area contributed by atoms with Gasteiger partial charge < -0.3 is 0 Å². The number of nitrogens with zero attached hydrogens (tertiary/aromatic N) is 2. The normalized spacial score (nSPS) is 15.4. The van der Waals surface area contributed by atoms with Crippen LogP contribution >= 0.6 is 0 Å². The van der Waals surface area contributed by atoms with E-state index in [2.05, 4.69) is 65.7 Å². The van der Waals surface area contributed by atoms with Crippen molar-refractivity contribution < 1.29 is 0 Å². The Balaban J connectivity index is 1.98. The summed E-state index contributed by atoms with van der Waals surface area (Å²) in [5.74, 6) is 0. The molecule has 3 aromatic carbocycles. The van der Waals surface area contributed by atoms with Gasteiger partial charge in [0.05, 0.1) is 5.71 Å². The van der Waals surface area contributed by atoms with Crippen LogP contribution in [0.5, 0.6) is 0 Å². The molecule has 110 valence electrons. The zero-order valence-electron chi connectivity index (χ0n) is 12.6. The summed E-state index contributed by atoms with van der Waals surface area (Å²) in [5, 5.41) is 0. The van der Waals surface area contributed by atoms with Crippen LogP contribution in [0.1, 0.15) is 16.7 Å². The van der Waals surface area contributed by atoms with Gasteiger partial charge in [0.2, 0.25) is 0 Å². The number of rotatable bonds is 3. The summed E-state index contributed by atoms with van der Waals surface area (Å²) in [5.41, 5.74) is 3.74. The highest BCUT2D eigenvalue weighted by molar-refractivity contribution is 6.15. The highest BCUT2D eigenvalue weighted by Crippen LogP contribution is 2.39. The highest BCUT2D eigenvalue weighted by Gasteiger charge is 2.41. The third kappa shape index (κ3) is 2.20. The fourth-order valence-electron chi connectivity index (χ4n) is 3.16. The molecule has 0 spiro atoms. The van der Waals surface area contributed by atoms with Crippen LogP contribution in [0.4, 0.5) is 0 Å². The fraction of sp³-hybridized carbons (Fsp3) is 0.0476. The average molecular weight is 296 g/mol. The predicted octanol–water partition coefficient (Wildman–Crippen LogP) is 4.46. The van der Waals surface area contributed by atoms with E-state index in [4.69, 9.17) is 4.99 Å². The van der Waals surface area contributed by atoms with E-state index < -0.39 is 5.54 Å². The molecule has 4 rings (SSSR count). The van der Waals surface area contributed by atoms with Crippen molar-refractivity contribution in [1.29, 1.82) is 0 Å². The molecule has 0 bridgehead atoms. The first kappa shape index (κ1) is 13.6. The van der Waals surface area contributed by atoms with E-state index in [0.717, 1.165) is 22.4 Å². The van der Waals surface area contributed by atoms with Crippen LogP contribution < -0.4 is 0 Å². The van der Waals surface area contributed by atoms with Crippen LogP contribution in [0, 0.1) is 0 Å². The topological polar surface area (TPSA) is 24.7 Å². The zero-order valence-corrected chi connectivity index (χ0v) is 12.6. The number of hydrogen-bond donors (Lipinski definition) is 0. The summed E-state index contributed by atoms with van der Waals surface area (Å²) >= 11 is 0. The molecule has 0 atom stereocenters. The van der Waals surface area contributed by atoms with Crippen molar-refractivity contribution in [3.63, 3.8) is 0 Å². The molecule has 2 nitrogen and oxygen atoms in total. The largest absolute Gasteiger partial charge is 0.251 e.